The first-order valence-corrected chi connectivity index (χ1v) is 7.73. The van der Waals surface area contributed by atoms with Crippen molar-refractivity contribution in [3.05, 3.63) is 71.2 Å². The Bertz CT molecular complexity index is 816. The van der Waals surface area contributed by atoms with Crippen molar-refractivity contribution >= 4 is 23.5 Å². The number of aromatic nitrogens is 1. The molecule has 2 aromatic carbocycles. The number of carbonyl (C=O) groups is 1. The van der Waals surface area contributed by atoms with E-state index >= 15 is 0 Å². The molecule has 1 aromatic heterocycles. The summed E-state index contributed by atoms with van der Waals surface area (Å²) in [4.78, 5) is 11.4. The topological polar surface area (TPSA) is 78.2 Å². The van der Waals surface area contributed by atoms with Crippen LogP contribution >= 0.6 is 11.6 Å². The number of halogens is 1. The van der Waals surface area contributed by atoms with Crippen molar-refractivity contribution in [1.82, 2.24) is 5.16 Å². The molecule has 24 heavy (non-hydrogen) atoms. The van der Waals surface area contributed by atoms with Crippen LogP contribution in [0.5, 0.6) is 0 Å². The minimum absolute atomic E-state index is 0.269. The predicted molar refractivity (Wildman–Crippen MR) is 89.5 cm³/mol. The zero-order valence-corrected chi connectivity index (χ0v) is 13.4. The van der Waals surface area contributed by atoms with Crippen LogP contribution in [0.3, 0.4) is 0 Å². The second-order valence-electron chi connectivity index (χ2n) is 5.29. The van der Waals surface area contributed by atoms with Crippen molar-refractivity contribution in [2.45, 2.75) is 12.5 Å². The summed E-state index contributed by atoms with van der Waals surface area (Å²) < 4.78 is 5.18. The number of benzene rings is 2. The molecular formula is C18H14ClN2O3-. The number of nitrogens with one attached hydrogen (secondary N) is 1. The quantitative estimate of drug-likeness (QED) is 0.746. The van der Waals surface area contributed by atoms with Crippen LogP contribution < -0.4 is 10.4 Å². The first kappa shape index (κ1) is 16.1. The Hall–Kier alpha value is -2.79. The van der Waals surface area contributed by atoms with Crippen molar-refractivity contribution in [3.63, 3.8) is 0 Å². The van der Waals surface area contributed by atoms with E-state index in [2.05, 4.69) is 10.5 Å². The summed E-state index contributed by atoms with van der Waals surface area (Å²) in [7, 11) is 0. The van der Waals surface area contributed by atoms with Gasteiger partial charge in [0, 0.05) is 16.7 Å². The Morgan fingerprint density at radius 2 is 1.88 bits per heavy atom. The van der Waals surface area contributed by atoms with Gasteiger partial charge in [-0.05, 0) is 24.1 Å². The van der Waals surface area contributed by atoms with E-state index in [-0.39, 0.29) is 12.3 Å². The molecule has 0 radical (unpaired) electrons. The Kier molecular flexibility index (Phi) is 4.82. The van der Waals surface area contributed by atoms with Crippen molar-refractivity contribution in [3.8, 4) is 11.3 Å². The summed E-state index contributed by atoms with van der Waals surface area (Å²) >= 11 is 5.86. The average molecular weight is 342 g/mol. The second kappa shape index (κ2) is 7.19. The molecule has 0 spiro atoms. The van der Waals surface area contributed by atoms with E-state index in [0.29, 0.717) is 10.7 Å². The normalized spacial score (nSPS) is 11.9. The van der Waals surface area contributed by atoms with Crippen LogP contribution in [-0.4, -0.2) is 17.2 Å². The molecular weight excluding hydrogens is 328 g/mol. The summed E-state index contributed by atoms with van der Waals surface area (Å²) in [6, 6.07) is 17.1. The second-order valence-corrected chi connectivity index (χ2v) is 5.73. The van der Waals surface area contributed by atoms with Crippen LogP contribution in [0.1, 0.15) is 5.56 Å². The Balaban J connectivity index is 1.74. The molecule has 0 saturated carbocycles. The number of rotatable bonds is 6. The Labute approximate surface area is 143 Å². The lowest BCUT2D eigenvalue weighted by Gasteiger charge is -2.18. The molecule has 0 bridgehead atoms. The highest BCUT2D eigenvalue weighted by Crippen LogP contribution is 2.24. The lowest BCUT2D eigenvalue weighted by molar-refractivity contribution is -0.306. The van der Waals surface area contributed by atoms with Gasteiger partial charge in [0.1, 0.15) is 5.69 Å². The van der Waals surface area contributed by atoms with Crippen molar-refractivity contribution in [1.29, 1.82) is 0 Å². The highest BCUT2D eigenvalue weighted by molar-refractivity contribution is 6.30. The fourth-order valence-corrected chi connectivity index (χ4v) is 2.44. The number of hydrogen-bond acceptors (Lipinski definition) is 5. The molecule has 0 aliphatic heterocycles. The minimum atomic E-state index is -1.21. The lowest BCUT2D eigenvalue weighted by Crippen LogP contribution is -2.42. The summed E-state index contributed by atoms with van der Waals surface area (Å²) in [6.07, 6.45) is 0.278. The maximum Gasteiger partial charge on any atom is 0.225 e. The van der Waals surface area contributed by atoms with Crippen LogP contribution in [0.2, 0.25) is 5.02 Å². The van der Waals surface area contributed by atoms with E-state index in [0.717, 1.165) is 11.1 Å². The van der Waals surface area contributed by atoms with Crippen LogP contribution in [-0.2, 0) is 11.2 Å². The molecule has 122 valence electrons. The highest BCUT2D eigenvalue weighted by atomic mass is 35.5. The first-order chi connectivity index (χ1) is 11.6. The van der Waals surface area contributed by atoms with E-state index in [1.54, 1.807) is 18.2 Å². The largest absolute Gasteiger partial charge is 0.548 e. The summed E-state index contributed by atoms with van der Waals surface area (Å²) in [6.45, 7) is 0. The van der Waals surface area contributed by atoms with Crippen LogP contribution in [0.25, 0.3) is 11.3 Å². The zero-order valence-electron chi connectivity index (χ0n) is 12.6. The molecule has 0 saturated heterocycles. The number of carboxylic acid groups (broad SMARTS) is 1. The number of aliphatic carboxylic acids is 1. The zero-order chi connectivity index (χ0) is 16.9. The van der Waals surface area contributed by atoms with Gasteiger partial charge in [0.2, 0.25) is 5.88 Å². The molecule has 0 amide bonds. The van der Waals surface area contributed by atoms with Gasteiger partial charge in [-0.2, -0.15) is 0 Å². The molecule has 6 heteroatoms. The molecule has 0 fully saturated rings. The Morgan fingerprint density at radius 3 is 2.54 bits per heavy atom. The molecule has 5 nitrogen and oxygen atoms in total. The van der Waals surface area contributed by atoms with Gasteiger partial charge in [-0.1, -0.05) is 59.2 Å². The Morgan fingerprint density at radius 1 is 1.17 bits per heavy atom. The number of hydrogen-bond donors (Lipinski definition) is 1. The van der Waals surface area contributed by atoms with E-state index < -0.39 is 12.0 Å². The lowest BCUT2D eigenvalue weighted by atomic mass is 10.1. The van der Waals surface area contributed by atoms with E-state index in [9.17, 15) is 9.90 Å². The van der Waals surface area contributed by atoms with Crippen molar-refractivity contribution in [2.24, 2.45) is 0 Å². The van der Waals surface area contributed by atoms with Gasteiger partial charge in [-0.15, -0.1) is 0 Å². The number of anilines is 1. The van der Waals surface area contributed by atoms with Gasteiger partial charge < -0.3 is 19.7 Å². The molecule has 1 N–H and O–H groups in total. The van der Waals surface area contributed by atoms with Gasteiger partial charge in [-0.25, -0.2) is 0 Å². The third-order valence-corrected chi connectivity index (χ3v) is 3.79. The molecule has 1 heterocycles. The number of carbonyl (C=O) groups excluding carboxylic acids is 1. The molecule has 0 aliphatic carbocycles. The van der Waals surface area contributed by atoms with Crippen molar-refractivity contribution in [2.75, 3.05) is 5.32 Å². The predicted octanol–water partition coefficient (Wildman–Crippen LogP) is 2.77. The SMILES string of the molecule is O=C([O-])[C@H](Cc1ccccc1)Nc1cc(-c2ccc(Cl)cc2)no1. The van der Waals surface area contributed by atoms with E-state index in [1.165, 1.54) is 0 Å². The van der Waals surface area contributed by atoms with E-state index in [1.807, 2.05) is 42.5 Å². The maximum atomic E-state index is 11.4. The van der Waals surface area contributed by atoms with Gasteiger partial charge in [0.05, 0.1) is 12.0 Å². The minimum Gasteiger partial charge on any atom is -0.548 e. The molecule has 3 aromatic rings. The smallest absolute Gasteiger partial charge is 0.225 e. The number of carboxylic acids is 1. The number of nitrogens with zero attached hydrogens (tertiary/aromatic N) is 1. The standard InChI is InChI=1S/C18H15ClN2O3/c19-14-8-6-13(7-9-14)15-11-17(24-21-15)20-16(18(22)23)10-12-4-2-1-3-5-12/h1-9,11,16,20H,10H2,(H,22,23)/p-1/t16-/m0/s1. The summed E-state index contributed by atoms with van der Waals surface area (Å²) in [5.74, 6) is -0.937. The van der Waals surface area contributed by atoms with Gasteiger partial charge in [0.15, 0.2) is 0 Å². The summed E-state index contributed by atoms with van der Waals surface area (Å²) in [5.41, 5.74) is 2.30. The molecule has 3 rings (SSSR count). The highest BCUT2D eigenvalue weighted by Gasteiger charge is 2.14. The van der Waals surface area contributed by atoms with Gasteiger partial charge in [-0.3, -0.25) is 0 Å². The molecule has 1 atom stereocenters. The fraction of sp³-hybridized carbons (Fsp3) is 0.111. The maximum absolute atomic E-state index is 11.4. The first-order valence-electron chi connectivity index (χ1n) is 7.36. The van der Waals surface area contributed by atoms with Gasteiger partial charge in [0.25, 0.3) is 0 Å². The average Bonchev–Trinajstić information content (AvgIpc) is 3.04. The molecule has 0 unspecified atom stereocenters. The molecule has 0 aliphatic rings. The van der Waals surface area contributed by atoms with Crippen LogP contribution in [0.4, 0.5) is 5.88 Å². The third kappa shape index (κ3) is 3.94. The van der Waals surface area contributed by atoms with Crippen molar-refractivity contribution < 1.29 is 14.4 Å². The van der Waals surface area contributed by atoms with Crippen LogP contribution in [0.15, 0.2) is 65.2 Å². The monoisotopic (exact) mass is 341 g/mol. The fourth-order valence-electron chi connectivity index (χ4n) is 2.31. The summed E-state index contributed by atoms with van der Waals surface area (Å²) in [5, 5.41) is 18.8. The van der Waals surface area contributed by atoms with Gasteiger partial charge >= 0.3 is 0 Å². The third-order valence-electron chi connectivity index (χ3n) is 3.53. The van der Waals surface area contributed by atoms with Crippen LogP contribution in [0, 0.1) is 0 Å². The van der Waals surface area contributed by atoms with E-state index in [4.69, 9.17) is 16.1 Å².